The number of hydrogen-bond donors (Lipinski definition) is 1. The summed E-state index contributed by atoms with van der Waals surface area (Å²) in [5, 5.41) is 4.57. The fourth-order valence-electron chi connectivity index (χ4n) is 4.08. The van der Waals surface area contributed by atoms with Gasteiger partial charge in [0.25, 0.3) is 0 Å². The van der Waals surface area contributed by atoms with Gasteiger partial charge in [-0.1, -0.05) is 42.5 Å². The van der Waals surface area contributed by atoms with Crippen LogP contribution < -0.4 is 19.5 Å². The number of aromatic nitrogens is 1. The third-order valence-corrected chi connectivity index (χ3v) is 7.08. The molecule has 3 aromatic carbocycles. The molecule has 5 nitrogen and oxygen atoms in total. The Balaban J connectivity index is 1.46. The van der Waals surface area contributed by atoms with E-state index in [1.165, 1.54) is 17.7 Å². The van der Waals surface area contributed by atoms with Crippen LogP contribution in [0.5, 0.6) is 17.2 Å². The van der Waals surface area contributed by atoms with Gasteiger partial charge in [-0.05, 0) is 30.2 Å². The zero-order valence-corrected chi connectivity index (χ0v) is 22.2. The third kappa shape index (κ3) is 6.85. The molecule has 1 N–H and O–H groups in total. The second-order valence-electron chi connectivity index (χ2n) is 8.69. The van der Waals surface area contributed by atoms with Crippen LogP contribution in [-0.4, -0.2) is 25.7 Å². The van der Waals surface area contributed by atoms with E-state index in [2.05, 4.69) is 22.4 Å². The van der Waals surface area contributed by atoms with Gasteiger partial charge < -0.3 is 19.5 Å². The van der Waals surface area contributed by atoms with Gasteiger partial charge in [0.2, 0.25) is 0 Å². The van der Waals surface area contributed by atoms with E-state index >= 15 is 0 Å². The molecule has 4 aromatic rings. The Hall–Kier alpha value is -3.56. The molecule has 38 heavy (non-hydrogen) atoms. The van der Waals surface area contributed by atoms with Gasteiger partial charge in [-0.15, -0.1) is 11.3 Å². The van der Waals surface area contributed by atoms with E-state index < -0.39 is 11.7 Å². The number of aryl methyl sites for hydroxylation is 1. The number of benzene rings is 3. The van der Waals surface area contributed by atoms with Crippen molar-refractivity contribution in [2.75, 3.05) is 20.8 Å². The quantitative estimate of drug-likeness (QED) is 0.221. The second-order valence-corrected chi connectivity index (χ2v) is 9.96. The molecule has 4 rings (SSSR count). The van der Waals surface area contributed by atoms with E-state index in [0.717, 1.165) is 27.6 Å². The minimum Gasteiger partial charge on any atom is -0.496 e. The molecule has 9 heteroatoms. The van der Waals surface area contributed by atoms with E-state index in [1.54, 1.807) is 37.7 Å². The maximum absolute atomic E-state index is 12.8. The number of methoxy groups -OCH3 is 2. The van der Waals surface area contributed by atoms with E-state index in [0.29, 0.717) is 35.9 Å². The van der Waals surface area contributed by atoms with Crippen molar-refractivity contribution in [3.8, 4) is 17.2 Å². The van der Waals surface area contributed by atoms with Gasteiger partial charge in [0.15, 0.2) is 0 Å². The molecule has 1 atom stereocenters. The first-order valence-electron chi connectivity index (χ1n) is 12.0. The number of hydrogen-bond acceptors (Lipinski definition) is 6. The summed E-state index contributed by atoms with van der Waals surface area (Å²) in [5.41, 5.74) is 1.94. The smallest absolute Gasteiger partial charge is 0.416 e. The van der Waals surface area contributed by atoms with Crippen molar-refractivity contribution in [1.82, 2.24) is 10.3 Å². The second kappa shape index (κ2) is 12.3. The molecule has 1 aromatic heterocycles. The molecular formula is C29H29F3N2O3S. The van der Waals surface area contributed by atoms with Crippen molar-refractivity contribution < 1.29 is 27.4 Å². The molecule has 0 spiro atoms. The summed E-state index contributed by atoms with van der Waals surface area (Å²) in [5.74, 6) is 1.75. The average Bonchev–Trinajstić information content (AvgIpc) is 3.35. The summed E-state index contributed by atoms with van der Waals surface area (Å²) in [4.78, 5) is 5.78. The average molecular weight is 543 g/mol. The Kier molecular flexibility index (Phi) is 8.91. The highest BCUT2D eigenvalue weighted by molar-refractivity contribution is 7.11. The summed E-state index contributed by atoms with van der Waals surface area (Å²) >= 11 is 1.69. The molecule has 0 aliphatic carbocycles. The SMILES string of the molecule is COc1cc(OCc2ccc(C(F)(F)F)cc2)cc(OC)c1CNCC(c1ccccc1)c1ncc(C)s1. The Bertz CT molecular complexity index is 1300. The summed E-state index contributed by atoms with van der Waals surface area (Å²) < 4.78 is 55.6. The van der Waals surface area contributed by atoms with Crippen LogP contribution in [0.4, 0.5) is 13.2 Å². The zero-order chi connectivity index (χ0) is 27.1. The summed E-state index contributed by atoms with van der Waals surface area (Å²) in [6.07, 6.45) is -2.48. The molecule has 0 radical (unpaired) electrons. The van der Waals surface area contributed by atoms with Crippen molar-refractivity contribution in [2.24, 2.45) is 0 Å². The van der Waals surface area contributed by atoms with Gasteiger partial charge in [0.05, 0.1) is 25.3 Å². The lowest BCUT2D eigenvalue weighted by Gasteiger charge is -2.19. The molecule has 0 aliphatic rings. The molecule has 0 saturated heterocycles. The largest absolute Gasteiger partial charge is 0.496 e. The van der Waals surface area contributed by atoms with Crippen molar-refractivity contribution in [3.05, 3.63) is 105 Å². The van der Waals surface area contributed by atoms with Crippen LogP contribution in [0.1, 0.15) is 38.1 Å². The first kappa shape index (κ1) is 27.5. The Morgan fingerprint density at radius 1 is 0.947 bits per heavy atom. The highest BCUT2D eigenvalue weighted by atomic mass is 32.1. The van der Waals surface area contributed by atoms with Crippen LogP contribution in [-0.2, 0) is 19.3 Å². The Labute approximate surface area is 224 Å². The molecule has 200 valence electrons. The van der Waals surface area contributed by atoms with Crippen LogP contribution in [0, 0.1) is 6.92 Å². The molecule has 0 amide bonds. The lowest BCUT2D eigenvalue weighted by atomic mass is 9.99. The maximum Gasteiger partial charge on any atom is 0.416 e. The van der Waals surface area contributed by atoms with E-state index in [4.69, 9.17) is 14.2 Å². The minimum atomic E-state index is -4.37. The number of nitrogens with one attached hydrogen (secondary N) is 1. The molecule has 1 unspecified atom stereocenters. The van der Waals surface area contributed by atoms with Gasteiger partial charge in [-0.25, -0.2) is 4.98 Å². The zero-order valence-electron chi connectivity index (χ0n) is 21.3. The number of alkyl halides is 3. The van der Waals surface area contributed by atoms with Gasteiger partial charge in [0, 0.05) is 42.2 Å². The van der Waals surface area contributed by atoms with Gasteiger partial charge in [0.1, 0.15) is 28.9 Å². The highest BCUT2D eigenvalue weighted by Gasteiger charge is 2.30. The van der Waals surface area contributed by atoms with Gasteiger partial charge >= 0.3 is 6.18 Å². The molecule has 0 bridgehead atoms. The van der Waals surface area contributed by atoms with Gasteiger partial charge in [-0.2, -0.15) is 13.2 Å². The van der Waals surface area contributed by atoms with E-state index in [1.807, 2.05) is 31.3 Å². The predicted molar refractivity (Wildman–Crippen MR) is 142 cm³/mol. The summed E-state index contributed by atoms with van der Waals surface area (Å²) in [6.45, 7) is 3.30. The topological polar surface area (TPSA) is 52.6 Å². The van der Waals surface area contributed by atoms with E-state index in [9.17, 15) is 13.2 Å². The monoisotopic (exact) mass is 542 g/mol. The standard InChI is InChI=1S/C29H29F3N2O3S/c1-19-15-34-28(38-19)24(21-7-5-4-6-8-21)16-33-17-25-26(35-2)13-23(14-27(25)36-3)37-18-20-9-11-22(12-10-20)29(30,31)32/h4-15,24,33H,16-18H2,1-3H3. The van der Waals surface area contributed by atoms with Crippen LogP contribution in [0.3, 0.4) is 0 Å². The Morgan fingerprint density at radius 3 is 2.16 bits per heavy atom. The van der Waals surface area contributed by atoms with Crippen molar-refractivity contribution >= 4 is 11.3 Å². The number of rotatable bonds is 11. The summed E-state index contributed by atoms with van der Waals surface area (Å²) in [6, 6.07) is 18.7. The maximum atomic E-state index is 12.8. The van der Waals surface area contributed by atoms with Crippen LogP contribution in [0.15, 0.2) is 72.9 Å². The van der Waals surface area contributed by atoms with Crippen LogP contribution in [0.25, 0.3) is 0 Å². The number of halogens is 3. The number of nitrogens with zero attached hydrogens (tertiary/aromatic N) is 1. The highest BCUT2D eigenvalue weighted by Crippen LogP contribution is 2.35. The fourth-order valence-corrected chi connectivity index (χ4v) is 4.98. The first-order valence-corrected chi connectivity index (χ1v) is 12.8. The fraction of sp³-hybridized carbons (Fsp3) is 0.276. The molecule has 0 aliphatic heterocycles. The molecular weight excluding hydrogens is 513 g/mol. The van der Waals surface area contributed by atoms with Gasteiger partial charge in [-0.3, -0.25) is 0 Å². The Morgan fingerprint density at radius 2 is 1.61 bits per heavy atom. The van der Waals surface area contributed by atoms with E-state index in [-0.39, 0.29) is 12.5 Å². The van der Waals surface area contributed by atoms with Crippen LogP contribution in [0.2, 0.25) is 0 Å². The summed E-state index contributed by atoms with van der Waals surface area (Å²) in [7, 11) is 3.14. The van der Waals surface area contributed by atoms with Crippen molar-refractivity contribution in [2.45, 2.75) is 32.2 Å². The van der Waals surface area contributed by atoms with Crippen molar-refractivity contribution in [1.29, 1.82) is 0 Å². The third-order valence-electron chi connectivity index (χ3n) is 6.06. The molecule has 0 saturated carbocycles. The first-order chi connectivity index (χ1) is 18.3. The van der Waals surface area contributed by atoms with Crippen LogP contribution >= 0.6 is 11.3 Å². The molecule has 1 heterocycles. The normalized spacial score (nSPS) is 12.3. The lowest BCUT2D eigenvalue weighted by molar-refractivity contribution is -0.137. The predicted octanol–water partition coefficient (Wildman–Crippen LogP) is 6.99. The van der Waals surface area contributed by atoms with Crippen molar-refractivity contribution in [3.63, 3.8) is 0 Å². The minimum absolute atomic E-state index is 0.0956. The number of thiazole rings is 1. The number of ether oxygens (including phenoxy) is 3. The lowest BCUT2D eigenvalue weighted by Crippen LogP contribution is -2.22. The molecule has 0 fully saturated rings.